The lowest BCUT2D eigenvalue weighted by molar-refractivity contribution is 0.196. The van der Waals surface area contributed by atoms with E-state index in [4.69, 9.17) is 5.84 Å². The second kappa shape index (κ2) is 6.29. The smallest absolute Gasteiger partial charge is 0.190 e. The Labute approximate surface area is 104 Å². The summed E-state index contributed by atoms with van der Waals surface area (Å²) in [6.07, 6.45) is 1.52. The molecule has 0 aliphatic rings. The fourth-order valence-corrected chi connectivity index (χ4v) is 2.25. The molecule has 1 aromatic rings. The summed E-state index contributed by atoms with van der Waals surface area (Å²) in [6.45, 7) is 3.71. The van der Waals surface area contributed by atoms with Gasteiger partial charge in [0.05, 0.1) is 6.10 Å². The highest BCUT2D eigenvalue weighted by Crippen LogP contribution is 2.26. The number of nitrogen functional groups attached to an aromatic ring is 1. The van der Waals surface area contributed by atoms with Crippen LogP contribution < -0.4 is 11.3 Å². The third-order valence-corrected chi connectivity index (χ3v) is 3.76. The number of anilines is 1. The molecule has 0 bridgehead atoms. The van der Waals surface area contributed by atoms with Crippen LogP contribution in [0.2, 0.25) is 0 Å². The minimum Gasteiger partial charge on any atom is -0.392 e. The van der Waals surface area contributed by atoms with Crippen molar-refractivity contribution in [3.63, 3.8) is 0 Å². The Morgan fingerprint density at radius 1 is 1.44 bits per heavy atom. The number of hydrazine groups is 1. The van der Waals surface area contributed by atoms with E-state index in [9.17, 15) is 5.11 Å². The number of aromatic nitrogens is 2. The number of nitrogens with two attached hydrogens (primary N) is 1. The van der Waals surface area contributed by atoms with Crippen LogP contribution in [0.4, 0.5) is 5.82 Å². The highest BCUT2D eigenvalue weighted by Gasteiger charge is 2.13. The highest BCUT2D eigenvalue weighted by atomic mass is 32.2. The van der Waals surface area contributed by atoms with Gasteiger partial charge in [-0.1, -0.05) is 18.7 Å². The lowest BCUT2D eigenvalue weighted by Crippen LogP contribution is -2.15. The van der Waals surface area contributed by atoms with Crippen molar-refractivity contribution in [2.24, 2.45) is 5.84 Å². The predicted molar refractivity (Wildman–Crippen MR) is 68.6 cm³/mol. The maximum Gasteiger partial charge on any atom is 0.190 e. The van der Waals surface area contributed by atoms with Gasteiger partial charge in [-0.15, -0.1) is 11.8 Å². The van der Waals surface area contributed by atoms with Crippen molar-refractivity contribution in [3.05, 3.63) is 6.07 Å². The van der Waals surface area contributed by atoms with E-state index in [0.29, 0.717) is 11.0 Å². The Morgan fingerprint density at radius 3 is 2.62 bits per heavy atom. The van der Waals surface area contributed by atoms with Gasteiger partial charge in [-0.25, -0.2) is 15.8 Å². The summed E-state index contributed by atoms with van der Waals surface area (Å²) < 4.78 is 0. The Balaban J connectivity index is 2.86. The molecule has 0 saturated heterocycles. The topological polar surface area (TPSA) is 84.1 Å². The quantitative estimate of drug-likeness (QED) is 0.242. The molecule has 2 unspecified atom stereocenters. The zero-order chi connectivity index (χ0) is 12.1. The van der Waals surface area contributed by atoms with Gasteiger partial charge in [0.1, 0.15) is 10.8 Å². The third-order valence-electron chi connectivity index (χ3n) is 2.00. The van der Waals surface area contributed by atoms with Crippen LogP contribution in [0.1, 0.15) is 13.8 Å². The first kappa shape index (κ1) is 13.6. The second-order valence-corrected chi connectivity index (χ2v) is 5.46. The molecule has 0 spiro atoms. The van der Waals surface area contributed by atoms with E-state index in [-0.39, 0.29) is 11.4 Å². The zero-order valence-corrected chi connectivity index (χ0v) is 11.1. The van der Waals surface area contributed by atoms with Crippen molar-refractivity contribution >= 4 is 29.3 Å². The lowest BCUT2D eigenvalue weighted by atomic mass is 10.3. The Bertz CT molecular complexity index is 326. The van der Waals surface area contributed by atoms with Gasteiger partial charge < -0.3 is 10.5 Å². The monoisotopic (exact) mass is 260 g/mol. The fraction of sp³-hybridized carbons (Fsp3) is 0.556. The molecule has 90 valence electrons. The summed E-state index contributed by atoms with van der Waals surface area (Å²) in [5.74, 6) is 5.91. The van der Waals surface area contributed by atoms with Gasteiger partial charge in [0.15, 0.2) is 5.16 Å². The van der Waals surface area contributed by atoms with E-state index in [2.05, 4.69) is 15.4 Å². The molecule has 0 aliphatic heterocycles. The molecular weight excluding hydrogens is 244 g/mol. The second-order valence-electron chi connectivity index (χ2n) is 3.29. The van der Waals surface area contributed by atoms with Crippen molar-refractivity contribution in [2.75, 3.05) is 11.7 Å². The molecule has 0 amide bonds. The van der Waals surface area contributed by atoms with Crippen LogP contribution in [-0.2, 0) is 0 Å². The zero-order valence-electron chi connectivity index (χ0n) is 9.47. The summed E-state index contributed by atoms with van der Waals surface area (Å²) in [4.78, 5) is 8.49. The summed E-state index contributed by atoms with van der Waals surface area (Å²) >= 11 is 2.96. The average molecular weight is 260 g/mol. The van der Waals surface area contributed by atoms with Gasteiger partial charge in [0.2, 0.25) is 0 Å². The molecule has 0 fully saturated rings. The van der Waals surface area contributed by atoms with Crippen LogP contribution in [-0.4, -0.2) is 32.7 Å². The van der Waals surface area contributed by atoms with Crippen molar-refractivity contribution < 1.29 is 5.11 Å². The number of hydrogen-bond donors (Lipinski definition) is 3. The van der Waals surface area contributed by atoms with E-state index in [1.807, 2.05) is 13.2 Å². The molecule has 7 heteroatoms. The number of aliphatic hydroxyl groups is 1. The number of thioether (sulfide) groups is 2. The molecule has 0 aliphatic carbocycles. The maximum absolute atomic E-state index is 9.43. The summed E-state index contributed by atoms with van der Waals surface area (Å²) in [5, 5.41) is 11.0. The Morgan fingerprint density at radius 2 is 2.12 bits per heavy atom. The van der Waals surface area contributed by atoms with Crippen LogP contribution >= 0.6 is 23.5 Å². The van der Waals surface area contributed by atoms with E-state index in [1.165, 1.54) is 23.5 Å². The first-order valence-electron chi connectivity index (χ1n) is 4.81. The standard InChI is InChI=1S/C9H16N4OS2/c1-5(14)6(2)16-8-4-7(13-10)11-9(12-8)15-3/h4-6,14H,10H2,1-3H3,(H,11,12,13). The largest absolute Gasteiger partial charge is 0.392 e. The van der Waals surface area contributed by atoms with Gasteiger partial charge in [-0.2, -0.15) is 0 Å². The Hall–Kier alpha value is -0.500. The van der Waals surface area contributed by atoms with Crippen LogP contribution in [0, 0.1) is 0 Å². The molecule has 5 nitrogen and oxygen atoms in total. The van der Waals surface area contributed by atoms with Gasteiger partial charge in [0.25, 0.3) is 0 Å². The van der Waals surface area contributed by atoms with Gasteiger partial charge in [-0.3, -0.25) is 0 Å². The molecule has 1 rings (SSSR count). The van der Waals surface area contributed by atoms with E-state index >= 15 is 0 Å². The van der Waals surface area contributed by atoms with Crippen LogP contribution in [0.5, 0.6) is 0 Å². The van der Waals surface area contributed by atoms with E-state index in [1.54, 1.807) is 13.0 Å². The van der Waals surface area contributed by atoms with Gasteiger partial charge in [-0.05, 0) is 13.2 Å². The van der Waals surface area contributed by atoms with Gasteiger partial charge in [0, 0.05) is 11.3 Å². The predicted octanol–water partition coefficient (Wildman–Crippen LogP) is 1.35. The maximum atomic E-state index is 9.43. The SMILES string of the molecule is CSc1nc(NN)cc(SC(C)C(C)O)n1. The molecule has 1 aromatic heterocycles. The van der Waals surface area contributed by atoms with Crippen molar-refractivity contribution in [1.82, 2.24) is 9.97 Å². The third kappa shape index (κ3) is 3.82. The minimum absolute atomic E-state index is 0.0789. The summed E-state index contributed by atoms with van der Waals surface area (Å²) in [7, 11) is 0. The number of rotatable bonds is 5. The Kier molecular flexibility index (Phi) is 5.33. The van der Waals surface area contributed by atoms with Crippen molar-refractivity contribution in [2.45, 2.75) is 35.4 Å². The molecule has 0 saturated carbocycles. The van der Waals surface area contributed by atoms with E-state index < -0.39 is 0 Å². The highest BCUT2D eigenvalue weighted by molar-refractivity contribution is 8.00. The number of nitrogens with one attached hydrogen (secondary N) is 1. The first-order valence-corrected chi connectivity index (χ1v) is 6.91. The summed E-state index contributed by atoms with van der Waals surface area (Å²) in [5.41, 5.74) is 2.50. The molecule has 16 heavy (non-hydrogen) atoms. The molecule has 4 N–H and O–H groups in total. The first-order chi connectivity index (χ1) is 7.56. The van der Waals surface area contributed by atoms with Crippen molar-refractivity contribution in [3.8, 4) is 0 Å². The molecule has 1 heterocycles. The van der Waals surface area contributed by atoms with E-state index in [0.717, 1.165) is 5.03 Å². The normalized spacial score (nSPS) is 14.6. The number of nitrogens with zero attached hydrogens (tertiary/aromatic N) is 2. The van der Waals surface area contributed by atoms with Crippen LogP contribution in [0.3, 0.4) is 0 Å². The molecule has 0 aromatic carbocycles. The molecule has 0 radical (unpaired) electrons. The molecule has 2 atom stereocenters. The van der Waals surface area contributed by atoms with Crippen molar-refractivity contribution in [1.29, 1.82) is 0 Å². The van der Waals surface area contributed by atoms with Crippen LogP contribution in [0.15, 0.2) is 16.2 Å². The lowest BCUT2D eigenvalue weighted by Gasteiger charge is -2.14. The molecular formula is C9H16N4OS2. The number of hydrogen-bond acceptors (Lipinski definition) is 7. The fourth-order valence-electron chi connectivity index (χ4n) is 0.918. The number of aliphatic hydroxyl groups excluding tert-OH is 1. The van der Waals surface area contributed by atoms with Crippen LogP contribution in [0.25, 0.3) is 0 Å². The summed E-state index contributed by atoms with van der Waals surface area (Å²) in [6, 6.07) is 1.77. The average Bonchev–Trinajstić information content (AvgIpc) is 2.28. The minimum atomic E-state index is -0.382. The van der Waals surface area contributed by atoms with Gasteiger partial charge >= 0.3 is 0 Å².